The van der Waals surface area contributed by atoms with Crippen LogP contribution >= 0.6 is 34.8 Å². The van der Waals surface area contributed by atoms with Gasteiger partial charge in [-0.2, -0.15) is 0 Å². The number of β-amino-alcohol motifs (C(OH)–C–C–N with tert-alkyl or cyclic N) is 1. The van der Waals surface area contributed by atoms with Gasteiger partial charge in [0.05, 0.1) is 21.7 Å². The Morgan fingerprint density at radius 3 is 2.57 bits per heavy atom. The molecule has 0 bridgehead atoms. The number of carbonyl (C=O) groups excluding carboxylic acids is 1. The number of nitrogens with one attached hydrogen (secondary N) is 1. The molecule has 1 atom stereocenters. The van der Waals surface area contributed by atoms with Crippen LogP contribution in [0.4, 0.5) is 5.69 Å². The van der Waals surface area contributed by atoms with Gasteiger partial charge in [-0.15, -0.1) is 0 Å². The Morgan fingerprint density at radius 2 is 1.90 bits per heavy atom. The van der Waals surface area contributed by atoms with E-state index in [4.69, 9.17) is 45.3 Å². The lowest BCUT2D eigenvalue weighted by molar-refractivity contribution is 0.0594. The van der Waals surface area contributed by atoms with Gasteiger partial charge in [0.15, 0.2) is 0 Å². The van der Waals surface area contributed by atoms with Gasteiger partial charge in [0.2, 0.25) is 0 Å². The number of carbonyl (C=O) groups is 1. The van der Waals surface area contributed by atoms with E-state index >= 15 is 0 Å². The molecule has 0 radical (unpaired) electrons. The van der Waals surface area contributed by atoms with Gasteiger partial charge in [0, 0.05) is 43.0 Å². The van der Waals surface area contributed by atoms with Gasteiger partial charge >= 0.3 is 0 Å². The normalized spacial score (nSPS) is 16.3. The second kappa shape index (κ2) is 10.6. The van der Waals surface area contributed by atoms with E-state index in [1.807, 2.05) is 0 Å². The molecule has 2 aromatic rings. The van der Waals surface area contributed by atoms with Crippen molar-refractivity contribution in [3.8, 4) is 5.75 Å². The first kappa shape index (κ1) is 23.0. The number of halogens is 3. The molecule has 0 spiro atoms. The van der Waals surface area contributed by atoms with Gasteiger partial charge in [0.1, 0.15) is 11.9 Å². The summed E-state index contributed by atoms with van der Waals surface area (Å²) in [5.41, 5.74) is 6.46. The van der Waals surface area contributed by atoms with E-state index in [0.29, 0.717) is 38.6 Å². The fourth-order valence-electron chi connectivity index (χ4n) is 3.36. The zero-order chi connectivity index (χ0) is 21.7. The van der Waals surface area contributed by atoms with Crippen molar-refractivity contribution in [1.82, 2.24) is 10.2 Å². The third-order valence-corrected chi connectivity index (χ3v) is 5.93. The Morgan fingerprint density at radius 1 is 1.17 bits per heavy atom. The highest BCUT2D eigenvalue weighted by Crippen LogP contribution is 2.28. The predicted octanol–water partition coefficient (Wildman–Crippen LogP) is 3.86. The molecule has 0 unspecified atom stereocenters. The second-order valence-corrected chi connectivity index (χ2v) is 8.54. The molecule has 0 aromatic heterocycles. The summed E-state index contributed by atoms with van der Waals surface area (Å²) in [7, 11) is 0. The number of amides is 1. The van der Waals surface area contributed by atoms with Crippen LogP contribution in [0.15, 0.2) is 36.4 Å². The number of aliphatic hydroxyl groups excluding tert-OH is 1. The van der Waals surface area contributed by atoms with E-state index in [0.717, 1.165) is 25.9 Å². The number of rotatable bonds is 7. The Balaban J connectivity index is 1.40. The van der Waals surface area contributed by atoms with E-state index in [9.17, 15) is 9.90 Å². The minimum absolute atomic E-state index is 0.0863. The molecule has 1 saturated heterocycles. The van der Waals surface area contributed by atoms with Crippen LogP contribution in [-0.2, 0) is 0 Å². The van der Waals surface area contributed by atoms with Crippen LogP contribution < -0.4 is 15.8 Å². The van der Waals surface area contributed by atoms with Gasteiger partial charge in [-0.1, -0.05) is 34.8 Å². The van der Waals surface area contributed by atoms with Crippen LogP contribution in [-0.4, -0.2) is 54.3 Å². The predicted molar refractivity (Wildman–Crippen MR) is 121 cm³/mol. The van der Waals surface area contributed by atoms with Crippen LogP contribution in [0.1, 0.15) is 23.2 Å². The van der Waals surface area contributed by atoms with Crippen molar-refractivity contribution in [3.05, 3.63) is 57.0 Å². The van der Waals surface area contributed by atoms with Crippen molar-refractivity contribution >= 4 is 46.4 Å². The van der Waals surface area contributed by atoms with E-state index in [-0.39, 0.29) is 18.6 Å². The highest BCUT2D eigenvalue weighted by molar-refractivity contribution is 6.42. The van der Waals surface area contributed by atoms with E-state index in [2.05, 4.69) is 10.2 Å². The summed E-state index contributed by atoms with van der Waals surface area (Å²) in [5.74, 6) is 0.365. The molecule has 6 nitrogen and oxygen atoms in total. The average Bonchev–Trinajstić information content (AvgIpc) is 2.70. The van der Waals surface area contributed by atoms with Gasteiger partial charge < -0.3 is 25.8 Å². The van der Waals surface area contributed by atoms with Gasteiger partial charge in [-0.25, -0.2) is 0 Å². The van der Waals surface area contributed by atoms with Crippen molar-refractivity contribution in [1.29, 1.82) is 0 Å². The second-order valence-electron chi connectivity index (χ2n) is 7.29. The maximum Gasteiger partial charge on any atom is 0.253 e. The standard InChI is InChI=1S/C21H24Cl3N3O3/c22-13-1-3-17(20(25)9-13)21(29)26-11-14(28)12-27-7-5-15(6-8-27)30-16-2-4-18(23)19(24)10-16/h1-4,9-10,14-15,28H,5-8,11-12,25H2,(H,26,29)/t14-/m1/s1. The highest BCUT2D eigenvalue weighted by atomic mass is 35.5. The average molecular weight is 473 g/mol. The Bertz CT molecular complexity index is 889. The van der Waals surface area contributed by atoms with Gasteiger partial charge in [0.25, 0.3) is 5.91 Å². The molecular formula is C21H24Cl3N3O3. The van der Waals surface area contributed by atoms with E-state index in [1.54, 1.807) is 30.3 Å². The third-order valence-electron chi connectivity index (χ3n) is 4.95. The summed E-state index contributed by atoms with van der Waals surface area (Å²) in [6.07, 6.45) is 1.07. The number of nitrogens with two attached hydrogens (primary N) is 1. The van der Waals surface area contributed by atoms with E-state index < -0.39 is 6.10 Å². The van der Waals surface area contributed by atoms with Crippen molar-refractivity contribution in [2.75, 3.05) is 31.9 Å². The lowest BCUT2D eigenvalue weighted by Gasteiger charge is -2.33. The van der Waals surface area contributed by atoms with Crippen LogP contribution in [0, 0.1) is 0 Å². The Labute approximate surface area is 190 Å². The largest absolute Gasteiger partial charge is 0.490 e. The Kier molecular flexibility index (Phi) is 8.08. The molecule has 1 heterocycles. The summed E-state index contributed by atoms with van der Waals surface area (Å²) < 4.78 is 5.98. The lowest BCUT2D eigenvalue weighted by atomic mass is 10.1. The number of nitrogens with zero attached hydrogens (tertiary/aromatic N) is 1. The van der Waals surface area contributed by atoms with Crippen LogP contribution in [0.2, 0.25) is 15.1 Å². The van der Waals surface area contributed by atoms with Gasteiger partial charge in [-0.05, 0) is 43.2 Å². The first-order valence-electron chi connectivity index (χ1n) is 9.67. The monoisotopic (exact) mass is 471 g/mol. The maximum atomic E-state index is 12.2. The number of anilines is 1. The fourth-order valence-corrected chi connectivity index (χ4v) is 3.83. The van der Waals surface area contributed by atoms with Gasteiger partial charge in [-0.3, -0.25) is 4.79 Å². The summed E-state index contributed by atoms with van der Waals surface area (Å²) in [5, 5.41) is 14.5. The molecule has 0 aliphatic carbocycles. The SMILES string of the molecule is Nc1cc(Cl)ccc1C(=O)NC[C@@H](O)CN1CCC(Oc2ccc(Cl)c(Cl)c2)CC1. The number of nitrogen functional groups attached to an aromatic ring is 1. The molecule has 1 aliphatic rings. The van der Waals surface area contributed by atoms with Crippen molar-refractivity contribution in [2.24, 2.45) is 0 Å². The zero-order valence-corrected chi connectivity index (χ0v) is 18.6. The number of hydrogen-bond donors (Lipinski definition) is 3. The number of likely N-dealkylation sites (tertiary alicyclic amines) is 1. The zero-order valence-electron chi connectivity index (χ0n) is 16.3. The summed E-state index contributed by atoms with van der Waals surface area (Å²) in [4.78, 5) is 14.4. The summed E-state index contributed by atoms with van der Waals surface area (Å²) >= 11 is 17.8. The topological polar surface area (TPSA) is 87.8 Å². The fraction of sp³-hybridized carbons (Fsp3) is 0.381. The highest BCUT2D eigenvalue weighted by Gasteiger charge is 2.23. The smallest absolute Gasteiger partial charge is 0.253 e. The number of hydrogen-bond acceptors (Lipinski definition) is 5. The first-order chi connectivity index (χ1) is 14.3. The molecule has 30 heavy (non-hydrogen) atoms. The van der Waals surface area contributed by atoms with E-state index in [1.165, 1.54) is 6.07 Å². The summed E-state index contributed by atoms with van der Waals surface area (Å²) in [6, 6.07) is 9.94. The van der Waals surface area contributed by atoms with Crippen molar-refractivity contribution in [2.45, 2.75) is 25.0 Å². The molecular weight excluding hydrogens is 449 g/mol. The molecule has 9 heteroatoms. The van der Waals surface area contributed by atoms with Crippen molar-refractivity contribution < 1.29 is 14.6 Å². The molecule has 0 saturated carbocycles. The lowest BCUT2D eigenvalue weighted by Crippen LogP contribution is -2.45. The van der Waals surface area contributed by atoms with Crippen molar-refractivity contribution in [3.63, 3.8) is 0 Å². The number of piperidine rings is 1. The summed E-state index contributed by atoms with van der Waals surface area (Å²) in [6.45, 7) is 2.19. The molecule has 1 aliphatic heterocycles. The Hall–Kier alpha value is -1.70. The number of ether oxygens (including phenoxy) is 1. The maximum absolute atomic E-state index is 12.2. The quantitative estimate of drug-likeness (QED) is 0.533. The molecule has 1 amide bonds. The van der Waals surface area contributed by atoms with Crippen LogP contribution in [0.3, 0.4) is 0 Å². The number of benzene rings is 2. The molecule has 2 aromatic carbocycles. The van der Waals surface area contributed by atoms with Crippen LogP contribution in [0.25, 0.3) is 0 Å². The molecule has 3 rings (SSSR count). The minimum Gasteiger partial charge on any atom is -0.490 e. The minimum atomic E-state index is -0.685. The molecule has 4 N–H and O–H groups in total. The molecule has 1 fully saturated rings. The first-order valence-corrected chi connectivity index (χ1v) is 10.8. The third kappa shape index (κ3) is 6.40. The molecule has 162 valence electrons. The van der Waals surface area contributed by atoms with Crippen LogP contribution in [0.5, 0.6) is 5.75 Å². The number of aliphatic hydroxyl groups is 1.